The summed E-state index contributed by atoms with van der Waals surface area (Å²) in [4.78, 5) is 0. The maximum Gasteiger partial charge on any atom is 0.106 e. The molecule has 2 atom stereocenters. The summed E-state index contributed by atoms with van der Waals surface area (Å²) >= 11 is 5.41. The van der Waals surface area contributed by atoms with Crippen molar-refractivity contribution in [3.63, 3.8) is 0 Å². The highest BCUT2D eigenvalue weighted by Crippen LogP contribution is 2.18. The average Bonchev–Trinajstić information content (AvgIpc) is 2.27. The molecule has 0 radical (unpaired) electrons. The van der Waals surface area contributed by atoms with E-state index in [4.69, 9.17) is 16.7 Å². The third-order valence-electron chi connectivity index (χ3n) is 2.03. The third kappa shape index (κ3) is 2.69. The lowest BCUT2D eigenvalue weighted by Gasteiger charge is -2.15. The molecule has 1 aromatic rings. The van der Waals surface area contributed by atoms with Gasteiger partial charge < -0.3 is 15.3 Å². The van der Waals surface area contributed by atoms with E-state index in [1.807, 2.05) is 0 Å². The van der Waals surface area contributed by atoms with Crippen LogP contribution in [0.5, 0.6) is 0 Å². The molecule has 1 aromatic carbocycles. The van der Waals surface area contributed by atoms with Gasteiger partial charge in [-0.05, 0) is 11.1 Å². The van der Waals surface area contributed by atoms with E-state index in [1.54, 1.807) is 24.3 Å². The van der Waals surface area contributed by atoms with Crippen LogP contribution in [-0.2, 0) is 6.61 Å². The SMILES string of the molecule is OCc1ccc(C(O)C(O)CCl)cc1. The average molecular weight is 217 g/mol. The van der Waals surface area contributed by atoms with E-state index in [0.29, 0.717) is 5.56 Å². The topological polar surface area (TPSA) is 60.7 Å². The number of hydrogen-bond donors (Lipinski definition) is 3. The number of benzene rings is 1. The summed E-state index contributed by atoms with van der Waals surface area (Å²) in [6.45, 7) is -0.0333. The molecule has 1 rings (SSSR count). The molecule has 0 aromatic heterocycles. The molecule has 3 N–H and O–H groups in total. The monoisotopic (exact) mass is 216 g/mol. The van der Waals surface area contributed by atoms with Crippen molar-refractivity contribution in [3.8, 4) is 0 Å². The normalized spacial score (nSPS) is 15.1. The van der Waals surface area contributed by atoms with Crippen molar-refractivity contribution >= 4 is 11.6 Å². The Morgan fingerprint density at radius 3 is 2.14 bits per heavy atom. The molecule has 2 unspecified atom stereocenters. The molecule has 0 saturated carbocycles. The van der Waals surface area contributed by atoms with Gasteiger partial charge in [-0.3, -0.25) is 0 Å². The van der Waals surface area contributed by atoms with E-state index < -0.39 is 12.2 Å². The molecule has 0 aliphatic rings. The Balaban J connectivity index is 2.75. The highest BCUT2D eigenvalue weighted by molar-refractivity contribution is 6.18. The van der Waals surface area contributed by atoms with E-state index in [9.17, 15) is 10.2 Å². The lowest BCUT2D eigenvalue weighted by molar-refractivity contribution is 0.0327. The largest absolute Gasteiger partial charge is 0.392 e. The first-order valence-corrected chi connectivity index (χ1v) is 4.84. The first-order valence-electron chi connectivity index (χ1n) is 4.31. The minimum absolute atomic E-state index is 0.0110. The highest BCUT2D eigenvalue weighted by atomic mass is 35.5. The summed E-state index contributed by atoms with van der Waals surface area (Å²) in [5.74, 6) is -0.0110. The van der Waals surface area contributed by atoms with Gasteiger partial charge in [-0.1, -0.05) is 24.3 Å². The minimum Gasteiger partial charge on any atom is -0.392 e. The van der Waals surface area contributed by atoms with Gasteiger partial charge in [0.1, 0.15) is 6.10 Å². The van der Waals surface area contributed by atoms with Crippen molar-refractivity contribution in [1.29, 1.82) is 0 Å². The second-order valence-electron chi connectivity index (χ2n) is 3.07. The van der Waals surface area contributed by atoms with Crippen LogP contribution < -0.4 is 0 Å². The van der Waals surface area contributed by atoms with Crippen molar-refractivity contribution in [3.05, 3.63) is 35.4 Å². The number of aliphatic hydroxyl groups is 3. The summed E-state index contributed by atoms with van der Waals surface area (Å²) in [7, 11) is 0. The second kappa shape index (κ2) is 5.32. The van der Waals surface area contributed by atoms with E-state index >= 15 is 0 Å². The van der Waals surface area contributed by atoms with Crippen LogP contribution in [0.1, 0.15) is 17.2 Å². The van der Waals surface area contributed by atoms with Gasteiger partial charge in [0, 0.05) is 0 Å². The van der Waals surface area contributed by atoms with Crippen molar-refractivity contribution < 1.29 is 15.3 Å². The molecule has 0 amide bonds. The fourth-order valence-corrected chi connectivity index (χ4v) is 1.30. The van der Waals surface area contributed by atoms with Gasteiger partial charge >= 0.3 is 0 Å². The Bertz CT molecular complexity index is 273. The van der Waals surface area contributed by atoms with E-state index in [-0.39, 0.29) is 12.5 Å². The smallest absolute Gasteiger partial charge is 0.106 e. The molecule has 0 aliphatic carbocycles. The van der Waals surface area contributed by atoms with E-state index in [1.165, 1.54) is 0 Å². The summed E-state index contributed by atoms with van der Waals surface area (Å²) < 4.78 is 0. The highest BCUT2D eigenvalue weighted by Gasteiger charge is 2.16. The van der Waals surface area contributed by atoms with Gasteiger partial charge in [-0.25, -0.2) is 0 Å². The predicted octanol–water partition coefficient (Wildman–Crippen LogP) is 0.812. The lowest BCUT2D eigenvalue weighted by atomic mass is 10.0. The van der Waals surface area contributed by atoms with E-state index in [2.05, 4.69) is 0 Å². The number of alkyl halides is 1. The van der Waals surface area contributed by atoms with Crippen LogP contribution in [0.15, 0.2) is 24.3 Å². The molecule has 0 bridgehead atoms. The number of rotatable bonds is 4. The van der Waals surface area contributed by atoms with Crippen LogP contribution in [-0.4, -0.2) is 27.3 Å². The van der Waals surface area contributed by atoms with Crippen LogP contribution in [0.2, 0.25) is 0 Å². The van der Waals surface area contributed by atoms with Crippen LogP contribution in [0, 0.1) is 0 Å². The standard InChI is InChI=1S/C10H13ClO3/c11-5-9(13)10(14)8-3-1-7(6-12)2-4-8/h1-4,9-10,12-14H,5-6H2. The first-order chi connectivity index (χ1) is 6.69. The second-order valence-corrected chi connectivity index (χ2v) is 3.37. The summed E-state index contributed by atoms with van der Waals surface area (Å²) in [6, 6.07) is 6.71. The molecular weight excluding hydrogens is 204 g/mol. The van der Waals surface area contributed by atoms with Crippen LogP contribution in [0.4, 0.5) is 0 Å². The number of halogens is 1. The van der Waals surface area contributed by atoms with Gasteiger partial charge in [0.15, 0.2) is 0 Å². The van der Waals surface area contributed by atoms with Crippen LogP contribution >= 0.6 is 11.6 Å². The Morgan fingerprint density at radius 2 is 1.71 bits per heavy atom. The van der Waals surface area contributed by atoms with Crippen molar-refractivity contribution in [2.45, 2.75) is 18.8 Å². The summed E-state index contributed by atoms with van der Waals surface area (Å²) in [6.07, 6.45) is -1.93. The van der Waals surface area contributed by atoms with Crippen molar-refractivity contribution in [1.82, 2.24) is 0 Å². The Hall–Kier alpha value is -0.610. The quantitative estimate of drug-likeness (QED) is 0.653. The van der Waals surface area contributed by atoms with Crippen molar-refractivity contribution in [2.24, 2.45) is 0 Å². The molecule has 3 nitrogen and oxygen atoms in total. The van der Waals surface area contributed by atoms with E-state index in [0.717, 1.165) is 5.56 Å². The lowest BCUT2D eigenvalue weighted by Crippen LogP contribution is -2.19. The Kier molecular flexibility index (Phi) is 4.35. The Morgan fingerprint density at radius 1 is 1.14 bits per heavy atom. The first kappa shape index (κ1) is 11.5. The fourth-order valence-electron chi connectivity index (χ4n) is 1.13. The predicted molar refractivity (Wildman–Crippen MR) is 54.1 cm³/mol. The maximum absolute atomic E-state index is 9.56. The van der Waals surface area contributed by atoms with Gasteiger partial charge in [-0.15, -0.1) is 11.6 Å². The molecule has 0 aliphatic heterocycles. The molecule has 0 spiro atoms. The Labute approximate surface area is 87.6 Å². The summed E-state index contributed by atoms with van der Waals surface area (Å²) in [5.41, 5.74) is 1.36. The van der Waals surface area contributed by atoms with Gasteiger partial charge in [0.25, 0.3) is 0 Å². The zero-order chi connectivity index (χ0) is 10.6. The zero-order valence-electron chi connectivity index (χ0n) is 7.60. The van der Waals surface area contributed by atoms with Gasteiger partial charge in [-0.2, -0.15) is 0 Å². The van der Waals surface area contributed by atoms with Crippen LogP contribution in [0.3, 0.4) is 0 Å². The summed E-state index contributed by atoms with van der Waals surface area (Å²) in [5, 5.41) is 27.6. The molecular formula is C10H13ClO3. The molecule has 4 heteroatoms. The third-order valence-corrected chi connectivity index (χ3v) is 2.34. The van der Waals surface area contributed by atoms with Crippen molar-refractivity contribution in [2.75, 3.05) is 5.88 Å². The number of hydrogen-bond acceptors (Lipinski definition) is 3. The van der Waals surface area contributed by atoms with Gasteiger partial charge in [0.2, 0.25) is 0 Å². The molecule has 14 heavy (non-hydrogen) atoms. The fraction of sp³-hybridized carbons (Fsp3) is 0.400. The number of aliphatic hydroxyl groups excluding tert-OH is 3. The van der Waals surface area contributed by atoms with Crippen LogP contribution in [0.25, 0.3) is 0 Å². The zero-order valence-corrected chi connectivity index (χ0v) is 8.35. The molecule has 0 heterocycles. The minimum atomic E-state index is -0.972. The molecule has 78 valence electrons. The van der Waals surface area contributed by atoms with Gasteiger partial charge in [0.05, 0.1) is 18.6 Å². The molecule has 0 saturated heterocycles. The maximum atomic E-state index is 9.56. The molecule has 0 fully saturated rings.